The molecule has 11 nitrogen and oxygen atoms in total. The van der Waals surface area contributed by atoms with Crippen molar-refractivity contribution in [3.05, 3.63) is 105 Å². The Kier molecular flexibility index (Phi) is 11.9. The van der Waals surface area contributed by atoms with E-state index in [0.717, 1.165) is 22.7 Å². The van der Waals surface area contributed by atoms with Gasteiger partial charge in [0.2, 0.25) is 0 Å². The topological polar surface area (TPSA) is 123 Å². The third-order valence-corrected chi connectivity index (χ3v) is 11.3. The lowest BCUT2D eigenvalue weighted by atomic mass is 10.0. The molecule has 0 unspecified atom stereocenters. The van der Waals surface area contributed by atoms with Gasteiger partial charge in [0.05, 0.1) is 40.8 Å². The highest BCUT2D eigenvalue weighted by molar-refractivity contribution is 6.76. The number of pyridine rings is 1. The quantitative estimate of drug-likeness (QED) is 0.0707. The van der Waals surface area contributed by atoms with Crippen LogP contribution < -0.4 is 10.9 Å². The Morgan fingerprint density at radius 1 is 1.00 bits per heavy atom. The molecule has 2 N–H and O–H groups in total. The van der Waals surface area contributed by atoms with E-state index in [1.807, 2.05) is 49.4 Å². The lowest BCUT2D eigenvalue weighted by Crippen LogP contribution is -2.33. The van der Waals surface area contributed by atoms with E-state index in [1.165, 1.54) is 10.8 Å². The minimum atomic E-state index is -1.40. The van der Waals surface area contributed by atoms with Gasteiger partial charge in [-0.1, -0.05) is 55.5 Å². The summed E-state index contributed by atoms with van der Waals surface area (Å²) in [5.41, 5.74) is 3.97. The number of aromatic amines is 1. The molecule has 13 heteroatoms. The molecule has 6 rings (SSSR count). The summed E-state index contributed by atoms with van der Waals surface area (Å²) in [4.78, 5) is 47.6. The van der Waals surface area contributed by atoms with Gasteiger partial charge in [0.1, 0.15) is 18.5 Å². The van der Waals surface area contributed by atoms with Crippen LogP contribution in [0.3, 0.4) is 0 Å². The minimum absolute atomic E-state index is 0.0454. The number of aromatic nitrogens is 4. The van der Waals surface area contributed by atoms with Gasteiger partial charge in [0.15, 0.2) is 0 Å². The molecule has 0 aliphatic carbocycles. The van der Waals surface area contributed by atoms with Crippen LogP contribution in [0.5, 0.6) is 0 Å². The fourth-order valence-electron chi connectivity index (χ4n) is 6.57. The van der Waals surface area contributed by atoms with Gasteiger partial charge in [0, 0.05) is 57.6 Å². The van der Waals surface area contributed by atoms with Crippen molar-refractivity contribution in [3.8, 4) is 11.3 Å². The highest BCUT2D eigenvalue weighted by Crippen LogP contribution is 2.33. The number of hydrogen-bond acceptors (Lipinski definition) is 7. The van der Waals surface area contributed by atoms with E-state index in [4.69, 9.17) is 9.47 Å². The first kappa shape index (κ1) is 39.8. The van der Waals surface area contributed by atoms with Crippen molar-refractivity contribution in [1.29, 1.82) is 0 Å². The summed E-state index contributed by atoms with van der Waals surface area (Å²) in [5.74, 6) is -0.992. The van der Waals surface area contributed by atoms with Gasteiger partial charge in [-0.2, -0.15) is 5.10 Å². The van der Waals surface area contributed by atoms with Crippen molar-refractivity contribution in [3.63, 3.8) is 0 Å². The largest absolute Gasteiger partial charge is 0.456 e. The predicted octanol–water partition coefficient (Wildman–Crippen LogP) is 8.00. The van der Waals surface area contributed by atoms with Crippen molar-refractivity contribution in [2.45, 2.75) is 97.8 Å². The second-order valence-electron chi connectivity index (χ2n) is 16.8. The number of rotatable bonds is 13. The average molecular weight is 769 g/mol. The number of amides is 1. The van der Waals surface area contributed by atoms with Crippen molar-refractivity contribution in [2.75, 3.05) is 25.0 Å². The molecule has 55 heavy (non-hydrogen) atoms. The Hall–Kier alpha value is -4.85. The number of benzene rings is 2. The standard InChI is InChI=1S/C42H53FN6O5Si/c1-28-8-10-29(11-9-28)24-49-25-31(22-44-49)39(50)45-33-21-35(40(51)48(26-33)27-53-18-19-55(5,6)7)38-37(41(52)54-42(2,3)4)34-20-30(12-13-36(34)46-38)23-47-16-14-32(43)15-17-47/h8-13,20-22,25-26,32,46H,14-19,23-24,27H2,1-7H3,(H,45,50). The highest BCUT2D eigenvalue weighted by atomic mass is 28.3. The van der Waals surface area contributed by atoms with E-state index in [1.54, 1.807) is 43.9 Å². The van der Waals surface area contributed by atoms with Crippen LogP contribution in [0, 0.1) is 6.92 Å². The molecule has 2 aromatic carbocycles. The third-order valence-electron chi connectivity index (χ3n) is 9.59. The normalized spacial score (nSPS) is 14.4. The maximum absolute atomic E-state index is 14.3. The van der Waals surface area contributed by atoms with Gasteiger partial charge < -0.3 is 19.8 Å². The molecule has 0 spiro atoms. The van der Waals surface area contributed by atoms with Crippen molar-refractivity contribution < 1.29 is 23.5 Å². The summed E-state index contributed by atoms with van der Waals surface area (Å²) in [6.45, 7) is 17.0. The number of aryl methyl sites for hydroxylation is 1. The van der Waals surface area contributed by atoms with Crippen molar-refractivity contribution >= 4 is 36.5 Å². The molecule has 0 saturated carbocycles. The molecule has 0 bridgehead atoms. The number of halogens is 1. The average Bonchev–Trinajstić information content (AvgIpc) is 3.73. The van der Waals surface area contributed by atoms with Crippen LogP contribution in [0.15, 0.2) is 71.9 Å². The predicted molar refractivity (Wildman–Crippen MR) is 217 cm³/mol. The zero-order chi connectivity index (χ0) is 39.5. The maximum atomic E-state index is 14.3. The van der Waals surface area contributed by atoms with E-state index in [9.17, 15) is 18.8 Å². The van der Waals surface area contributed by atoms with Gasteiger partial charge in [-0.25, -0.2) is 9.18 Å². The molecule has 1 fully saturated rings. The first-order chi connectivity index (χ1) is 26.0. The lowest BCUT2D eigenvalue weighted by molar-refractivity contribution is 0.00726. The Balaban J connectivity index is 1.37. The number of nitrogens with zero attached hydrogens (tertiary/aromatic N) is 4. The number of anilines is 1. The SMILES string of the molecule is Cc1ccc(Cn2cc(C(=O)Nc3cc(-c4[nH]c5ccc(CN6CCC(F)CC6)cc5c4C(=O)OC(C)(C)C)c(=O)n(COCC[Si](C)(C)C)c3)cn2)cc1. The minimum Gasteiger partial charge on any atom is -0.456 e. The summed E-state index contributed by atoms with van der Waals surface area (Å²) in [7, 11) is -1.40. The van der Waals surface area contributed by atoms with Crippen LogP contribution in [-0.2, 0) is 29.3 Å². The molecule has 292 valence electrons. The molecular formula is C42H53FN6O5Si. The van der Waals surface area contributed by atoms with Gasteiger partial charge in [0.25, 0.3) is 11.5 Å². The molecule has 1 saturated heterocycles. The highest BCUT2D eigenvalue weighted by Gasteiger charge is 2.28. The Bertz CT molecular complexity index is 2200. The van der Waals surface area contributed by atoms with Crippen LogP contribution in [0.4, 0.5) is 10.1 Å². The molecule has 1 amide bonds. The number of ether oxygens (including phenoxy) is 2. The van der Waals surface area contributed by atoms with Crippen molar-refractivity contribution in [1.82, 2.24) is 24.2 Å². The second kappa shape index (κ2) is 16.5. The summed E-state index contributed by atoms with van der Waals surface area (Å²) >= 11 is 0. The zero-order valence-electron chi connectivity index (χ0n) is 33.0. The number of carbonyl (C=O) groups excluding carboxylic acids is 2. The Morgan fingerprint density at radius 2 is 1.71 bits per heavy atom. The number of fused-ring (bicyclic) bond motifs is 1. The number of piperidine rings is 1. The van der Waals surface area contributed by atoms with E-state index < -0.39 is 37.3 Å². The monoisotopic (exact) mass is 768 g/mol. The summed E-state index contributed by atoms with van der Waals surface area (Å²) in [6, 6.07) is 16.4. The van der Waals surface area contributed by atoms with E-state index in [0.29, 0.717) is 67.8 Å². The van der Waals surface area contributed by atoms with Crippen LogP contribution >= 0.6 is 0 Å². The van der Waals surface area contributed by atoms with Crippen LogP contribution in [-0.4, -0.2) is 75.7 Å². The zero-order valence-corrected chi connectivity index (χ0v) is 34.0. The number of alkyl halides is 1. The molecule has 0 atom stereocenters. The first-order valence-corrected chi connectivity index (χ1v) is 22.7. The van der Waals surface area contributed by atoms with Crippen LogP contribution in [0.25, 0.3) is 22.2 Å². The van der Waals surface area contributed by atoms with Crippen LogP contribution in [0.1, 0.15) is 71.0 Å². The van der Waals surface area contributed by atoms with Gasteiger partial charge in [-0.3, -0.25) is 23.7 Å². The maximum Gasteiger partial charge on any atom is 0.341 e. The summed E-state index contributed by atoms with van der Waals surface area (Å²) in [6.07, 6.45) is 4.97. The van der Waals surface area contributed by atoms with Gasteiger partial charge in [-0.05, 0) is 75.9 Å². The molecule has 4 heterocycles. The van der Waals surface area contributed by atoms with Gasteiger partial charge in [-0.15, -0.1) is 0 Å². The van der Waals surface area contributed by atoms with Gasteiger partial charge >= 0.3 is 5.97 Å². The fourth-order valence-corrected chi connectivity index (χ4v) is 7.33. The van der Waals surface area contributed by atoms with E-state index in [-0.39, 0.29) is 23.6 Å². The molecule has 0 radical (unpaired) electrons. The number of H-pyrrole nitrogens is 1. The second-order valence-corrected chi connectivity index (χ2v) is 22.5. The number of carbonyl (C=O) groups is 2. The fraction of sp³-hybridized carbons (Fsp3) is 0.429. The number of likely N-dealkylation sites (tertiary alicyclic amines) is 1. The first-order valence-electron chi connectivity index (χ1n) is 19.0. The summed E-state index contributed by atoms with van der Waals surface area (Å²) < 4.78 is 28.9. The number of hydrogen-bond donors (Lipinski definition) is 2. The Labute approximate surface area is 322 Å². The Morgan fingerprint density at radius 3 is 2.40 bits per heavy atom. The lowest BCUT2D eigenvalue weighted by Gasteiger charge is -2.28. The summed E-state index contributed by atoms with van der Waals surface area (Å²) in [5, 5.41) is 7.96. The number of esters is 1. The molecule has 1 aliphatic heterocycles. The number of nitrogens with one attached hydrogen (secondary N) is 2. The molecule has 5 aromatic rings. The van der Waals surface area contributed by atoms with E-state index >= 15 is 0 Å². The molecule has 3 aromatic heterocycles. The van der Waals surface area contributed by atoms with Crippen molar-refractivity contribution in [2.24, 2.45) is 0 Å². The van der Waals surface area contributed by atoms with Crippen LogP contribution in [0.2, 0.25) is 25.7 Å². The van der Waals surface area contributed by atoms with E-state index in [2.05, 4.69) is 39.9 Å². The molecule has 1 aliphatic rings. The third kappa shape index (κ3) is 10.5. The smallest absolute Gasteiger partial charge is 0.341 e. The molecular weight excluding hydrogens is 716 g/mol.